The number of carbonyl (C=O) groups is 1. The fraction of sp³-hybridized carbons (Fsp3) is 0.526. The fourth-order valence-corrected chi connectivity index (χ4v) is 4.84. The zero-order chi connectivity index (χ0) is 20.7. The molecule has 1 atom stereocenters. The number of fused-ring (bicyclic) bond motifs is 1. The van der Waals surface area contributed by atoms with E-state index in [0.29, 0.717) is 22.4 Å². The minimum Gasteiger partial charge on any atom is -0.465 e. The van der Waals surface area contributed by atoms with Crippen LogP contribution in [0, 0.1) is 20.8 Å². The molecular formula is C19H24N6O3S. The normalized spacial score (nSPS) is 16.4. The van der Waals surface area contributed by atoms with Crippen molar-refractivity contribution in [3.63, 3.8) is 0 Å². The van der Waals surface area contributed by atoms with Crippen LogP contribution in [0.4, 0.5) is 5.82 Å². The zero-order valence-corrected chi connectivity index (χ0v) is 18.0. The molecule has 3 aromatic rings. The van der Waals surface area contributed by atoms with Gasteiger partial charge < -0.3 is 14.2 Å². The molecule has 3 aromatic heterocycles. The summed E-state index contributed by atoms with van der Waals surface area (Å²) in [5.74, 6) is 2.55. The van der Waals surface area contributed by atoms with Gasteiger partial charge in [-0.3, -0.25) is 4.90 Å². The SMILES string of the molecule is COC(=O)c1sc2nc(C)nc(N3CCN(C(C)c4nc(C)no4)CC3)c2c1C. The van der Waals surface area contributed by atoms with Crippen molar-refractivity contribution in [3.05, 3.63) is 28.0 Å². The van der Waals surface area contributed by atoms with E-state index >= 15 is 0 Å². The molecule has 1 fully saturated rings. The second kappa shape index (κ2) is 7.68. The molecule has 0 spiro atoms. The summed E-state index contributed by atoms with van der Waals surface area (Å²) in [4.78, 5) is 31.8. The van der Waals surface area contributed by atoms with Gasteiger partial charge in [0.25, 0.3) is 0 Å². The molecule has 0 amide bonds. The second-order valence-corrected chi connectivity index (χ2v) is 8.20. The number of methoxy groups -OCH3 is 1. The number of nitrogens with zero attached hydrogens (tertiary/aromatic N) is 6. The van der Waals surface area contributed by atoms with Crippen molar-refractivity contribution in [2.75, 3.05) is 38.2 Å². The quantitative estimate of drug-likeness (QED) is 0.595. The number of piperazine rings is 1. The van der Waals surface area contributed by atoms with E-state index in [1.807, 2.05) is 20.8 Å². The first-order valence-corrected chi connectivity index (χ1v) is 10.4. The molecule has 1 aliphatic rings. The van der Waals surface area contributed by atoms with Crippen LogP contribution in [0.25, 0.3) is 10.2 Å². The number of carbonyl (C=O) groups excluding carboxylic acids is 1. The number of aryl methyl sites for hydroxylation is 3. The molecule has 0 saturated carbocycles. The average Bonchev–Trinajstić information content (AvgIpc) is 3.30. The maximum Gasteiger partial charge on any atom is 0.348 e. The summed E-state index contributed by atoms with van der Waals surface area (Å²) in [6.07, 6.45) is 0. The maximum atomic E-state index is 12.1. The molecule has 0 aromatic carbocycles. The molecule has 1 unspecified atom stereocenters. The molecule has 0 bridgehead atoms. The number of aromatic nitrogens is 4. The van der Waals surface area contributed by atoms with Crippen molar-refractivity contribution in [2.45, 2.75) is 33.7 Å². The van der Waals surface area contributed by atoms with Crippen LogP contribution in [0.3, 0.4) is 0 Å². The van der Waals surface area contributed by atoms with Gasteiger partial charge in [0, 0.05) is 26.2 Å². The molecule has 10 heteroatoms. The Morgan fingerprint density at radius 1 is 1.10 bits per heavy atom. The number of rotatable bonds is 4. The van der Waals surface area contributed by atoms with E-state index in [0.717, 1.165) is 47.8 Å². The highest BCUT2D eigenvalue weighted by Gasteiger charge is 2.28. The smallest absolute Gasteiger partial charge is 0.348 e. The number of hydrogen-bond acceptors (Lipinski definition) is 10. The van der Waals surface area contributed by atoms with Gasteiger partial charge in [0.05, 0.1) is 18.5 Å². The van der Waals surface area contributed by atoms with Gasteiger partial charge in [0.1, 0.15) is 21.3 Å². The Balaban J connectivity index is 1.59. The highest BCUT2D eigenvalue weighted by Crippen LogP contribution is 2.36. The van der Waals surface area contributed by atoms with Crippen LogP contribution in [0.2, 0.25) is 0 Å². The summed E-state index contributed by atoms with van der Waals surface area (Å²) in [7, 11) is 1.40. The topological polar surface area (TPSA) is 97.5 Å². The fourth-order valence-electron chi connectivity index (χ4n) is 3.70. The number of anilines is 1. The van der Waals surface area contributed by atoms with Crippen molar-refractivity contribution < 1.29 is 14.1 Å². The van der Waals surface area contributed by atoms with Crippen LogP contribution in [0.5, 0.6) is 0 Å². The Hall–Kier alpha value is -2.59. The third-order valence-electron chi connectivity index (χ3n) is 5.32. The molecule has 4 rings (SSSR count). The minimum absolute atomic E-state index is 0.0688. The Morgan fingerprint density at radius 3 is 2.45 bits per heavy atom. The minimum atomic E-state index is -0.331. The predicted octanol–water partition coefficient (Wildman–Crippen LogP) is 2.67. The van der Waals surface area contributed by atoms with E-state index in [1.165, 1.54) is 18.4 Å². The molecule has 1 saturated heterocycles. The van der Waals surface area contributed by atoms with E-state index in [2.05, 4.69) is 31.8 Å². The highest BCUT2D eigenvalue weighted by atomic mass is 32.1. The number of hydrogen-bond donors (Lipinski definition) is 0. The maximum absolute atomic E-state index is 12.1. The van der Waals surface area contributed by atoms with Crippen molar-refractivity contribution in [1.82, 2.24) is 25.0 Å². The van der Waals surface area contributed by atoms with Crippen molar-refractivity contribution in [2.24, 2.45) is 0 Å². The molecule has 154 valence electrons. The highest BCUT2D eigenvalue weighted by molar-refractivity contribution is 7.20. The lowest BCUT2D eigenvalue weighted by atomic mass is 10.1. The predicted molar refractivity (Wildman–Crippen MR) is 109 cm³/mol. The summed E-state index contributed by atoms with van der Waals surface area (Å²) in [6, 6.07) is 0.0688. The van der Waals surface area contributed by atoms with Gasteiger partial charge in [-0.2, -0.15) is 4.98 Å². The van der Waals surface area contributed by atoms with E-state index in [9.17, 15) is 4.79 Å². The van der Waals surface area contributed by atoms with Crippen LogP contribution in [0.15, 0.2) is 4.52 Å². The average molecular weight is 417 g/mol. The number of ether oxygens (including phenoxy) is 1. The summed E-state index contributed by atoms with van der Waals surface area (Å²) >= 11 is 1.36. The lowest BCUT2D eigenvalue weighted by Gasteiger charge is -2.37. The summed E-state index contributed by atoms with van der Waals surface area (Å²) in [6.45, 7) is 11.0. The van der Waals surface area contributed by atoms with Crippen LogP contribution in [0.1, 0.15) is 45.7 Å². The van der Waals surface area contributed by atoms with Gasteiger partial charge in [-0.15, -0.1) is 11.3 Å². The van der Waals surface area contributed by atoms with Gasteiger partial charge in [-0.1, -0.05) is 5.16 Å². The van der Waals surface area contributed by atoms with Crippen LogP contribution < -0.4 is 4.90 Å². The molecule has 0 radical (unpaired) electrons. The number of esters is 1. The Labute approximate surface area is 172 Å². The van der Waals surface area contributed by atoms with Gasteiger partial charge in [0.2, 0.25) is 5.89 Å². The number of thiophene rings is 1. The van der Waals surface area contributed by atoms with Crippen LogP contribution in [-0.4, -0.2) is 64.3 Å². The Kier molecular flexibility index (Phi) is 5.22. The third kappa shape index (κ3) is 3.58. The first kappa shape index (κ1) is 19.7. The van der Waals surface area contributed by atoms with Crippen molar-refractivity contribution >= 4 is 33.3 Å². The standard InChI is InChI=1S/C19H24N6O3S/c1-10-14-16(20-12(3)22-18(14)29-15(10)19(26)27-5)25-8-6-24(7-9-25)11(2)17-21-13(4)23-28-17/h11H,6-9H2,1-5H3. The molecular weight excluding hydrogens is 392 g/mol. The summed E-state index contributed by atoms with van der Waals surface area (Å²) in [5, 5.41) is 4.84. The van der Waals surface area contributed by atoms with Crippen molar-refractivity contribution in [1.29, 1.82) is 0 Å². The first-order chi connectivity index (χ1) is 13.9. The zero-order valence-electron chi connectivity index (χ0n) is 17.2. The Bertz CT molecular complexity index is 1050. The lowest BCUT2D eigenvalue weighted by molar-refractivity contribution is 0.0605. The van der Waals surface area contributed by atoms with Gasteiger partial charge in [-0.05, 0) is 33.3 Å². The molecule has 9 nitrogen and oxygen atoms in total. The molecule has 0 aliphatic carbocycles. The van der Waals surface area contributed by atoms with Gasteiger partial charge in [0.15, 0.2) is 5.82 Å². The van der Waals surface area contributed by atoms with E-state index in [4.69, 9.17) is 14.2 Å². The van der Waals surface area contributed by atoms with E-state index in [1.54, 1.807) is 0 Å². The third-order valence-corrected chi connectivity index (χ3v) is 6.48. The lowest BCUT2D eigenvalue weighted by Crippen LogP contribution is -2.47. The molecule has 29 heavy (non-hydrogen) atoms. The second-order valence-electron chi connectivity index (χ2n) is 7.20. The first-order valence-electron chi connectivity index (χ1n) is 9.54. The van der Waals surface area contributed by atoms with Gasteiger partial charge in [-0.25, -0.2) is 14.8 Å². The monoisotopic (exact) mass is 416 g/mol. The molecule has 1 aliphatic heterocycles. The van der Waals surface area contributed by atoms with E-state index in [-0.39, 0.29) is 12.0 Å². The largest absolute Gasteiger partial charge is 0.465 e. The van der Waals surface area contributed by atoms with E-state index < -0.39 is 0 Å². The summed E-state index contributed by atoms with van der Waals surface area (Å²) in [5.41, 5.74) is 0.879. The van der Waals surface area contributed by atoms with Crippen LogP contribution in [-0.2, 0) is 4.74 Å². The van der Waals surface area contributed by atoms with Crippen LogP contribution >= 0.6 is 11.3 Å². The molecule has 4 heterocycles. The Morgan fingerprint density at radius 2 is 1.83 bits per heavy atom. The summed E-state index contributed by atoms with van der Waals surface area (Å²) < 4.78 is 10.3. The van der Waals surface area contributed by atoms with Gasteiger partial charge >= 0.3 is 5.97 Å². The van der Waals surface area contributed by atoms with Crippen molar-refractivity contribution in [3.8, 4) is 0 Å². The molecule has 0 N–H and O–H groups in total.